The van der Waals surface area contributed by atoms with Crippen molar-refractivity contribution in [3.05, 3.63) is 65.2 Å². The summed E-state index contributed by atoms with van der Waals surface area (Å²) in [6.07, 6.45) is 6.91. The Morgan fingerprint density at radius 2 is 1.68 bits per heavy atom. The number of anilines is 1. The van der Waals surface area contributed by atoms with E-state index in [-0.39, 0.29) is 30.6 Å². The van der Waals surface area contributed by atoms with Gasteiger partial charge in [-0.25, -0.2) is 0 Å². The number of unbranched alkanes of at least 4 members (excludes halogenated alkanes) is 2. The molecule has 2 saturated heterocycles. The van der Waals surface area contributed by atoms with Gasteiger partial charge < -0.3 is 25.2 Å². The fourth-order valence-electron chi connectivity index (χ4n) is 7.88. The SMILES string of the molecule is CC(=O)NCCCCCC(=O)Nc1ccc([C@H]2O[C@@H](CN3CC4(C)CC3CC(C)(C)C4)C[C@@H](c3ccc(CO)cc3)O2)cc1. The van der Waals surface area contributed by atoms with E-state index in [9.17, 15) is 14.7 Å². The Morgan fingerprint density at radius 3 is 2.39 bits per heavy atom. The normalized spacial score (nSPS) is 28.0. The van der Waals surface area contributed by atoms with Gasteiger partial charge >= 0.3 is 0 Å². The predicted octanol–water partition coefficient (Wildman–Crippen LogP) is 6.26. The molecule has 0 aromatic heterocycles. The first-order valence-corrected chi connectivity index (χ1v) is 16.4. The fraction of sp³-hybridized carbons (Fsp3) is 0.611. The van der Waals surface area contributed by atoms with Crippen molar-refractivity contribution in [2.75, 3.05) is 25.0 Å². The molecule has 2 aromatic rings. The number of aliphatic hydroxyl groups is 1. The van der Waals surface area contributed by atoms with Gasteiger partial charge in [0.2, 0.25) is 11.8 Å². The van der Waals surface area contributed by atoms with Crippen molar-refractivity contribution < 1.29 is 24.2 Å². The van der Waals surface area contributed by atoms with Crippen molar-refractivity contribution in [2.45, 2.75) is 110 Å². The van der Waals surface area contributed by atoms with Gasteiger partial charge in [-0.2, -0.15) is 0 Å². The van der Waals surface area contributed by atoms with E-state index < -0.39 is 6.29 Å². The van der Waals surface area contributed by atoms with Gasteiger partial charge in [0.15, 0.2) is 6.29 Å². The molecule has 2 aliphatic heterocycles. The number of amides is 2. The van der Waals surface area contributed by atoms with E-state index in [4.69, 9.17) is 9.47 Å². The van der Waals surface area contributed by atoms with Crippen LogP contribution in [0.2, 0.25) is 0 Å². The average Bonchev–Trinajstić information content (AvgIpc) is 3.21. The van der Waals surface area contributed by atoms with Gasteiger partial charge in [-0.15, -0.1) is 0 Å². The number of hydrogen-bond donors (Lipinski definition) is 3. The molecule has 8 nitrogen and oxygen atoms in total. The molecule has 0 spiro atoms. The molecule has 3 aliphatic rings. The van der Waals surface area contributed by atoms with Crippen molar-refractivity contribution in [3.63, 3.8) is 0 Å². The first-order valence-electron chi connectivity index (χ1n) is 16.4. The number of benzene rings is 2. The van der Waals surface area contributed by atoms with Crippen LogP contribution in [0.1, 0.15) is 108 Å². The van der Waals surface area contributed by atoms with E-state index in [2.05, 4.69) is 48.4 Å². The van der Waals surface area contributed by atoms with Crippen LogP contribution < -0.4 is 10.6 Å². The Hall–Kier alpha value is -2.78. The molecule has 2 bridgehead atoms. The molecule has 240 valence electrons. The third-order valence-corrected chi connectivity index (χ3v) is 9.50. The molecule has 3 N–H and O–H groups in total. The molecule has 5 rings (SSSR count). The van der Waals surface area contributed by atoms with Crippen LogP contribution in [-0.4, -0.2) is 53.6 Å². The smallest absolute Gasteiger partial charge is 0.224 e. The zero-order valence-electron chi connectivity index (χ0n) is 26.9. The van der Waals surface area contributed by atoms with Crippen LogP contribution in [0, 0.1) is 10.8 Å². The molecule has 8 heteroatoms. The third kappa shape index (κ3) is 8.68. The minimum Gasteiger partial charge on any atom is -0.392 e. The Bertz CT molecular complexity index is 1260. The van der Waals surface area contributed by atoms with Gasteiger partial charge in [0.25, 0.3) is 0 Å². The lowest BCUT2D eigenvalue weighted by Crippen LogP contribution is -2.42. The number of nitrogens with zero attached hydrogens (tertiary/aromatic N) is 1. The summed E-state index contributed by atoms with van der Waals surface area (Å²) < 4.78 is 13.2. The highest BCUT2D eigenvalue weighted by Gasteiger charge is 2.50. The Morgan fingerprint density at radius 1 is 0.955 bits per heavy atom. The molecule has 0 radical (unpaired) electrons. The Labute approximate surface area is 262 Å². The van der Waals surface area contributed by atoms with Crippen molar-refractivity contribution in [3.8, 4) is 0 Å². The van der Waals surface area contributed by atoms with Crippen LogP contribution >= 0.6 is 0 Å². The molecule has 44 heavy (non-hydrogen) atoms. The van der Waals surface area contributed by atoms with Crippen molar-refractivity contribution in [1.29, 1.82) is 0 Å². The number of fused-ring (bicyclic) bond motifs is 2. The molecular formula is C36H51N3O5. The van der Waals surface area contributed by atoms with Gasteiger partial charge in [-0.05, 0) is 66.2 Å². The highest BCUT2D eigenvalue weighted by Crippen LogP contribution is 2.53. The largest absolute Gasteiger partial charge is 0.392 e. The zero-order chi connectivity index (χ0) is 31.3. The molecule has 5 atom stereocenters. The summed E-state index contributed by atoms with van der Waals surface area (Å²) in [5.74, 6) is -0.0353. The lowest BCUT2D eigenvalue weighted by molar-refractivity contribution is -0.253. The maximum Gasteiger partial charge on any atom is 0.224 e. The van der Waals surface area contributed by atoms with Gasteiger partial charge in [0.1, 0.15) is 0 Å². The summed E-state index contributed by atoms with van der Waals surface area (Å²) in [5, 5.41) is 15.3. The number of hydrogen-bond acceptors (Lipinski definition) is 6. The van der Waals surface area contributed by atoms with E-state index in [0.29, 0.717) is 29.8 Å². The summed E-state index contributed by atoms with van der Waals surface area (Å²) in [5.41, 5.74) is 4.39. The minimum absolute atomic E-state index is 0.0124. The standard InChI is InChI=1S/C36H51N3O5/c1-25(41)37-17-7-5-6-8-33(42)38-29-15-13-28(14-16-29)34-43-31(18-32(44-34)27-11-9-26(22-40)10-12-27)21-39-24-36(4)20-30(39)19-35(2,3)23-36/h9-16,30-32,34,40H,5-8,17-24H2,1-4H3,(H,37,41)(H,38,42)/t30?,31-,32+,34+,36?/m1/s1. The third-order valence-electron chi connectivity index (χ3n) is 9.50. The number of carbonyl (C=O) groups is 2. The van der Waals surface area contributed by atoms with Crippen molar-refractivity contribution >= 4 is 17.5 Å². The summed E-state index contributed by atoms with van der Waals surface area (Å²) >= 11 is 0. The highest BCUT2D eigenvalue weighted by atomic mass is 16.7. The Balaban J connectivity index is 1.22. The van der Waals surface area contributed by atoms with E-state index in [1.807, 2.05) is 36.4 Å². The predicted molar refractivity (Wildman–Crippen MR) is 172 cm³/mol. The molecule has 1 saturated carbocycles. The molecule has 3 fully saturated rings. The number of rotatable bonds is 12. The van der Waals surface area contributed by atoms with Crippen LogP contribution in [0.4, 0.5) is 5.69 Å². The van der Waals surface area contributed by atoms with Crippen LogP contribution in [-0.2, 0) is 25.7 Å². The van der Waals surface area contributed by atoms with E-state index >= 15 is 0 Å². The second kappa shape index (κ2) is 14.1. The van der Waals surface area contributed by atoms with Crippen molar-refractivity contribution in [1.82, 2.24) is 10.2 Å². The topological polar surface area (TPSA) is 100 Å². The van der Waals surface area contributed by atoms with Crippen LogP contribution in [0.5, 0.6) is 0 Å². The summed E-state index contributed by atoms with van der Waals surface area (Å²) in [7, 11) is 0. The molecule has 2 amide bonds. The quantitative estimate of drug-likeness (QED) is 0.247. The van der Waals surface area contributed by atoms with Crippen LogP contribution in [0.15, 0.2) is 48.5 Å². The van der Waals surface area contributed by atoms with E-state index in [1.165, 1.54) is 26.2 Å². The first kappa shape index (κ1) is 32.6. The zero-order valence-corrected chi connectivity index (χ0v) is 26.9. The fourth-order valence-corrected chi connectivity index (χ4v) is 7.88. The molecule has 2 unspecified atom stereocenters. The lowest BCUT2D eigenvalue weighted by Gasteiger charge is -2.41. The maximum absolute atomic E-state index is 12.5. The summed E-state index contributed by atoms with van der Waals surface area (Å²) in [6.45, 7) is 11.5. The minimum atomic E-state index is -0.515. The van der Waals surface area contributed by atoms with Crippen LogP contribution in [0.3, 0.4) is 0 Å². The summed E-state index contributed by atoms with van der Waals surface area (Å²) in [6, 6.07) is 16.4. The van der Waals surface area contributed by atoms with Crippen LogP contribution in [0.25, 0.3) is 0 Å². The van der Waals surface area contributed by atoms with Gasteiger partial charge in [-0.3, -0.25) is 14.5 Å². The number of carbonyl (C=O) groups excluding carboxylic acids is 2. The molecule has 1 aliphatic carbocycles. The van der Waals surface area contributed by atoms with Gasteiger partial charge in [0, 0.05) is 56.7 Å². The number of likely N-dealkylation sites (tertiary alicyclic amines) is 1. The van der Waals surface area contributed by atoms with E-state index in [0.717, 1.165) is 61.2 Å². The monoisotopic (exact) mass is 605 g/mol. The number of ether oxygens (including phenoxy) is 2. The van der Waals surface area contributed by atoms with E-state index in [1.54, 1.807) is 0 Å². The molecular weight excluding hydrogens is 554 g/mol. The first-order chi connectivity index (χ1) is 21.0. The number of nitrogens with one attached hydrogen (secondary N) is 2. The Kier molecular flexibility index (Phi) is 10.5. The summed E-state index contributed by atoms with van der Waals surface area (Å²) in [4.78, 5) is 26.1. The second-order valence-electron chi connectivity index (χ2n) is 14.5. The average molecular weight is 606 g/mol. The maximum atomic E-state index is 12.5. The second-order valence-corrected chi connectivity index (χ2v) is 14.5. The lowest BCUT2D eigenvalue weighted by atomic mass is 9.65. The van der Waals surface area contributed by atoms with Gasteiger partial charge in [-0.1, -0.05) is 63.6 Å². The molecule has 2 heterocycles. The molecule has 2 aromatic carbocycles. The van der Waals surface area contributed by atoms with Crippen molar-refractivity contribution in [2.24, 2.45) is 10.8 Å². The highest BCUT2D eigenvalue weighted by molar-refractivity contribution is 5.90. The van der Waals surface area contributed by atoms with Gasteiger partial charge in [0.05, 0.1) is 18.8 Å². The number of aliphatic hydroxyl groups excluding tert-OH is 1.